The number of benzene rings is 2. The van der Waals surface area contributed by atoms with E-state index in [1.165, 1.54) is 0 Å². The van der Waals surface area contributed by atoms with Gasteiger partial charge < -0.3 is 15.0 Å². The van der Waals surface area contributed by atoms with E-state index in [0.717, 1.165) is 40.1 Å². The number of nitrogens with zero attached hydrogens (tertiary/aromatic N) is 2. The lowest BCUT2D eigenvalue weighted by Gasteiger charge is -2.31. The molecule has 0 radical (unpaired) electrons. The van der Waals surface area contributed by atoms with Crippen molar-refractivity contribution in [2.24, 2.45) is 0 Å². The molecule has 1 aromatic heterocycles. The summed E-state index contributed by atoms with van der Waals surface area (Å²) in [5.41, 5.74) is 3.26. The Kier molecular flexibility index (Phi) is 6.94. The molecule has 3 aromatic rings. The Morgan fingerprint density at radius 1 is 1.23 bits per heavy atom. The zero-order valence-corrected chi connectivity index (χ0v) is 18.9. The Morgan fingerprint density at radius 2 is 2.00 bits per heavy atom. The summed E-state index contributed by atoms with van der Waals surface area (Å²) < 4.78 is 5.43. The number of aromatic nitrogens is 1. The SMILES string of the molecule is Cc1nc(CSc2ccc(C(=O)Nc3cccc(Cl)c3N3CCOCC3)cc2)cs1. The molecular weight excluding hydrogens is 438 g/mol. The number of thiazole rings is 1. The van der Waals surface area contributed by atoms with Crippen molar-refractivity contribution in [2.45, 2.75) is 17.6 Å². The van der Waals surface area contributed by atoms with E-state index >= 15 is 0 Å². The van der Waals surface area contributed by atoms with Crippen LogP contribution in [0.1, 0.15) is 21.1 Å². The van der Waals surface area contributed by atoms with Gasteiger partial charge in [0.05, 0.1) is 40.3 Å². The molecule has 1 saturated heterocycles. The monoisotopic (exact) mass is 459 g/mol. The van der Waals surface area contributed by atoms with Crippen molar-refractivity contribution in [3.8, 4) is 0 Å². The lowest BCUT2D eigenvalue weighted by Crippen LogP contribution is -2.37. The quantitative estimate of drug-likeness (QED) is 0.494. The largest absolute Gasteiger partial charge is 0.378 e. The van der Waals surface area contributed by atoms with Crippen molar-refractivity contribution in [1.82, 2.24) is 4.98 Å². The van der Waals surface area contributed by atoms with Gasteiger partial charge in [-0.15, -0.1) is 23.1 Å². The van der Waals surface area contributed by atoms with Crippen LogP contribution in [0.4, 0.5) is 11.4 Å². The lowest BCUT2D eigenvalue weighted by atomic mass is 10.2. The molecule has 0 bridgehead atoms. The van der Waals surface area contributed by atoms with Gasteiger partial charge in [-0.2, -0.15) is 0 Å². The summed E-state index contributed by atoms with van der Waals surface area (Å²) in [4.78, 5) is 20.6. The van der Waals surface area contributed by atoms with Crippen LogP contribution < -0.4 is 10.2 Å². The number of nitrogens with one attached hydrogen (secondary N) is 1. The number of thioether (sulfide) groups is 1. The van der Waals surface area contributed by atoms with Gasteiger partial charge in [-0.05, 0) is 43.3 Å². The third kappa shape index (κ3) is 5.16. The molecule has 0 spiro atoms. The number of hydrogen-bond acceptors (Lipinski definition) is 6. The second kappa shape index (κ2) is 9.83. The Balaban J connectivity index is 1.43. The van der Waals surface area contributed by atoms with E-state index in [1.807, 2.05) is 49.4 Å². The minimum Gasteiger partial charge on any atom is -0.378 e. The summed E-state index contributed by atoms with van der Waals surface area (Å²) in [5, 5.41) is 6.81. The Hall–Kier alpha value is -2.06. The van der Waals surface area contributed by atoms with E-state index in [-0.39, 0.29) is 5.91 Å². The van der Waals surface area contributed by atoms with Crippen LogP contribution >= 0.6 is 34.7 Å². The van der Waals surface area contributed by atoms with Crippen LogP contribution in [0, 0.1) is 6.92 Å². The number of morpholine rings is 1. The van der Waals surface area contributed by atoms with Gasteiger partial charge in [0.15, 0.2) is 0 Å². The van der Waals surface area contributed by atoms with Crippen LogP contribution in [0.5, 0.6) is 0 Å². The van der Waals surface area contributed by atoms with Crippen LogP contribution in [0.15, 0.2) is 52.7 Å². The number of hydrogen-bond donors (Lipinski definition) is 1. The molecule has 0 aliphatic carbocycles. The average molecular weight is 460 g/mol. The zero-order valence-electron chi connectivity index (χ0n) is 16.6. The van der Waals surface area contributed by atoms with Crippen molar-refractivity contribution in [3.05, 3.63) is 69.1 Å². The van der Waals surface area contributed by atoms with E-state index in [4.69, 9.17) is 16.3 Å². The molecule has 4 rings (SSSR count). The number of carbonyl (C=O) groups excluding carboxylic acids is 1. The topological polar surface area (TPSA) is 54.5 Å². The highest BCUT2D eigenvalue weighted by molar-refractivity contribution is 7.98. The third-order valence-corrected chi connectivity index (χ3v) is 6.91. The zero-order chi connectivity index (χ0) is 20.9. The number of para-hydroxylation sites is 1. The Morgan fingerprint density at radius 3 is 2.70 bits per heavy atom. The highest BCUT2D eigenvalue weighted by Gasteiger charge is 2.19. The minimum atomic E-state index is -0.154. The Labute approximate surface area is 189 Å². The highest BCUT2D eigenvalue weighted by atomic mass is 35.5. The first-order valence-corrected chi connectivity index (χ1v) is 11.9. The summed E-state index contributed by atoms with van der Waals surface area (Å²) in [6, 6.07) is 13.2. The second-order valence-corrected chi connectivity index (χ2v) is 9.38. The molecule has 30 heavy (non-hydrogen) atoms. The average Bonchev–Trinajstić information content (AvgIpc) is 3.18. The number of carbonyl (C=O) groups is 1. The summed E-state index contributed by atoms with van der Waals surface area (Å²) >= 11 is 9.83. The fraction of sp³-hybridized carbons (Fsp3) is 0.273. The van der Waals surface area contributed by atoms with Gasteiger partial charge in [0, 0.05) is 34.7 Å². The van der Waals surface area contributed by atoms with E-state index < -0.39 is 0 Å². The molecule has 1 N–H and O–H groups in total. The first-order valence-electron chi connectivity index (χ1n) is 9.66. The maximum Gasteiger partial charge on any atom is 0.255 e. The number of ether oxygens (including phenoxy) is 1. The lowest BCUT2D eigenvalue weighted by molar-refractivity contribution is 0.102. The molecular formula is C22H22ClN3O2S2. The Bertz CT molecular complexity index is 1020. The molecule has 1 amide bonds. The first kappa shape index (κ1) is 21.2. The minimum absolute atomic E-state index is 0.154. The third-order valence-electron chi connectivity index (χ3n) is 4.73. The molecule has 5 nitrogen and oxygen atoms in total. The van der Waals surface area contributed by atoms with Crippen LogP contribution in [-0.4, -0.2) is 37.2 Å². The predicted octanol–water partition coefficient (Wildman–Crippen LogP) is 5.49. The number of rotatable bonds is 6. The van der Waals surface area contributed by atoms with Crippen LogP contribution in [0.25, 0.3) is 0 Å². The fourth-order valence-corrected chi connectivity index (χ4v) is 5.06. The number of anilines is 2. The smallest absolute Gasteiger partial charge is 0.255 e. The summed E-state index contributed by atoms with van der Waals surface area (Å²) in [7, 11) is 0. The molecule has 8 heteroatoms. The molecule has 2 heterocycles. The number of amides is 1. The van der Waals surface area contributed by atoms with Gasteiger partial charge in [-0.3, -0.25) is 4.79 Å². The number of halogens is 1. The van der Waals surface area contributed by atoms with E-state index in [0.29, 0.717) is 29.5 Å². The van der Waals surface area contributed by atoms with Crippen LogP contribution in [0.3, 0.4) is 0 Å². The molecule has 1 fully saturated rings. The first-order chi connectivity index (χ1) is 14.6. The maximum absolute atomic E-state index is 12.8. The number of aryl methyl sites for hydroxylation is 1. The molecule has 2 aromatic carbocycles. The van der Waals surface area contributed by atoms with E-state index in [1.54, 1.807) is 23.1 Å². The molecule has 0 saturated carbocycles. The van der Waals surface area contributed by atoms with Crippen molar-refractivity contribution in [1.29, 1.82) is 0 Å². The fourth-order valence-electron chi connectivity index (χ4n) is 3.25. The normalized spacial score (nSPS) is 14.0. The van der Waals surface area contributed by atoms with Crippen molar-refractivity contribution in [3.63, 3.8) is 0 Å². The maximum atomic E-state index is 12.8. The molecule has 0 unspecified atom stereocenters. The summed E-state index contributed by atoms with van der Waals surface area (Å²) in [5.74, 6) is 0.667. The van der Waals surface area contributed by atoms with Gasteiger partial charge in [0.25, 0.3) is 5.91 Å². The van der Waals surface area contributed by atoms with Crippen LogP contribution in [-0.2, 0) is 10.5 Å². The van der Waals surface area contributed by atoms with Gasteiger partial charge in [-0.1, -0.05) is 17.7 Å². The predicted molar refractivity (Wildman–Crippen MR) is 125 cm³/mol. The summed E-state index contributed by atoms with van der Waals surface area (Å²) in [6.45, 7) is 4.81. The standard InChI is InChI=1S/C22H22ClN3O2S2/c1-15-24-17(13-29-15)14-30-18-7-5-16(6-8-18)22(27)25-20-4-2-3-19(23)21(20)26-9-11-28-12-10-26/h2-8,13H,9-12,14H2,1H3,(H,25,27). The second-order valence-electron chi connectivity index (χ2n) is 6.86. The van der Waals surface area contributed by atoms with Gasteiger partial charge in [0.1, 0.15) is 0 Å². The van der Waals surface area contributed by atoms with Crippen LogP contribution in [0.2, 0.25) is 5.02 Å². The van der Waals surface area contributed by atoms with Crippen molar-refractivity contribution >= 4 is 52.0 Å². The molecule has 1 aliphatic heterocycles. The van der Waals surface area contributed by atoms with E-state index in [9.17, 15) is 4.79 Å². The van der Waals surface area contributed by atoms with Gasteiger partial charge in [-0.25, -0.2) is 4.98 Å². The molecule has 0 atom stereocenters. The van der Waals surface area contributed by atoms with E-state index in [2.05, 4.69) is 20.6 Å². The van der Waals surface area contributed by atoms with Crippen molar-refractivity contribution in [2.75, 3.05) is 36.5 Å². The highest BCUT2D eigenvalue weighted by Crippen LogP contribution is 2.35. The van der Waals surface area contributed by atoms with Gasteiger partial charge >= 0.3 is 0 Å². The molecule has 1 aliphatic rings. The van der Waals surface area contributed by atoms with Gasteiger partial charge in [0.2, 0.25) is 0 Å². The molecule has 156 valence electrons. The van der Waals surface area contributed by atoms with Crippen molar-refractivity contribution < 1.29 is 9.53 Å². The summed E-state index contributed by atoms with van der Waals surface area (Å²) in [6.07, 6.45) is 0.